The van der Waals surface area contributed by atoms with Crippen molar-refractivity contribution in [2.24, 2.45) is 0 Å². The van der Waals surface area contributed by atoms with Crippen molar-refractivity contribution >= 4 is 28.4 Å². The highest BCUT2D eigenvalue weighted by atomic mass is 32.1. The van der Waals surface area contributed by atoms with E-state index in [9.17, 15) is 4.79 Å². The fourth-order valence-corrected chi connectivity index (χ4v) is 4.92. The van der Waals surface area contributed by atoms with Gasteiger partial charge in [0.05, 0.1) is 12.8 Å². The van der Waals surface area contributed by atoms with Crippen LogP contribution >= 0.6 is 11.3 Å². The van der Waals surface area contributed by atoms with Crippen LogP contribution in [0.3, 0.4) is 0 Å². The Morgan fingerprint density at radius 2 is 1.94 bits per heavy atom. The minimum atomic E-state index is -0.314. The van der Waals surface area contributed by atoms with Gasteiger partial charge in [-0.2, -0.15) is 0 Å². The first-order chi connectivity index (χ1) is 16.8. The van der Waals surface area contributed by atoms with Crippen molar-refractivity contribution < 1.29 is 9.53 Å². The Balaban J connectivity index is 1.29. The molecule has 4 rings (SSSR count). The zero-order valence-corrected chi connectivity index (χ0v) is 21.7. The second kappa shape index (κ2) is 10.6. The van der Waals surface area contributed by atoms with E-state index in [-0.39, 0.29) is 11.4 Å². The summed E-state index contributed by atoms with van der Waals surface area (Å²) in [5, 5.41) is 8.21. The van der Waals surface area contributed by atoms with Gasteiger partial charge in [-0.15, -0.1) is 11.3 Å². The van der Waals surface area contributed by atoms with E-state index < -0.39 is 0 Å². The summed E-state index contributed by atoms with van der Waals surface area (Å²) in [4.78, 5) is 30.5. The van der Waals surface area contributed by atoms with E-state index in [0.717, 1.165) is 48.0 Å². The van der Waals surface area contributed by atoms with Crippen molar-refractivity contribution in [1.82, 2.24) is 25.2 Å². The predicted octanol–water partition coefficient (Wildman–Crippen LogP) is 3.73. The van der Waals surface area contributed by atoms with E-state index in [1.807, 2.05) is 29.6 Å². The van der Waals surface area contributed by atoms with Crippen LogP contribution in [0.15, 0.2) is 42.0 Å². The second-order valence-corrected chi connectivity index (χ2v) is 10.3. The fraction of sp³-hybridized carbons (Fsp3) is 0.440. The number of methoxy groups -OCH3 is 1. The third kappa shape index (κ3) is 5.88. The van der Waals surface area contributed by atoms with E-state index in [4.69, 9.17) is 4.74 Å². The van der Waals surface area contributed by atoms with Crippen molar-refractivity contribution in [2.75, 3.05) is 44.5 Å². The number of carbonyl (C=O) groups is 1. The standard InChI is InChI=1S/C25H33N7O2S/c1-25(2,18-6-8-20(34-5)9-7-18)21-16-35-24(29-21)30-23(33)28-14-17-12-26-22(27-13-17)32-11-10-19(15-32)31(3)4/h6-9,12-13,16,19H,10-11,14-15H2,1-5H3,(H2,28,29,30,33). The highest BCUT2D eigenvalue weighted by Gasteiger charge is 2.27. The number of amides is 2. The molecule has 10 heteroatoms. The molecule has 186 valence electrons. The van der Waals surface area contributed by atoms with Gasteiger partial charge in [0.1, 0.15) is 5.75 Å². The zero-order chi connectivity index (χ0) is 25.0. The van der Waals surface area contributed by atoms with E-state index in [0.29, 0.717) is 17.7 Å². The minimum Gasteiger partial charge on any atom is -0.497 e. The van der Waals surface area contributed by atoms with Gasteiger partial charge in [0, 0.05) is 54.4 Å². The SMILES string of the molecule is COc1ccc(C(C)(C)c2csc(NC(=O)NCc3cnc(N4CCC(N(C)C)C4)nc3)n2)cc1. The molecule has 3 heterocycles. The molecule has 1 unspecified atom stereocenters. The highest BCUT2D eigenvalue weighted by molar-refractivity contribution is 7.13. The molecular weight excluding hydrogens is 462 g/mol. The largest absolute Gasteiger partial charge is 0.497 e. The summed E-state index contributed by atoms with van der Waals surface area (Å²) in [7, 11) is 5.85. The van der Waals surface area contributed by atoms with Gasteiger partial charge >= 0.3 is 6.03 Å². The molecule has 0 bridgehead atoms. The van der Waals surface area contributed by atoms with Gasteiger partial charge in [-0.1, -0.05) is 26.0 Å². The molecule has 0 radical (unpaired) electrons. The van der Waals surface area contributed by atoms with Gasteiger partial charge in [0.2, 0.25) is 5.95 Å². The molecule has 2 N–H and O–H groups in total. The third-order valence-electron chi connectivity index (χ3n) is 6.50. The Morgan fingerprint density at radius 1 is 1.23 bits per heavy atom. The summed E-state index contributed by atoms with van der Waals surface area (Å²) >= 11 is 1.41. The molecule has 0 saturated carbocycles. The summed E-state index contributed by atoms with van der Waals surface area (Å²) in [5.41, 5.74) is 2.55. The molecule has 0 spiro atoms. The topological polar surface area (TPSA) is 95.5 Å². The fourth-order valence-electron chi connectivity index (χ4n) is 4.04. The summed E-state index contributed by atoms with van der Waals surface area (Å²) in [6.07, 6.45) is 4.64. The molecule has 1 aliphatic rings. The smallest absolute Gasteiger partial charge is 0.321 e. The van der Waals surface area contributed by atoms with Crippen molar-refractivity contribution in [3.8, 4) is 5.75 Å². The lowest BCUT2D eigenvalue weighted by atomic mass is 9.82. The highest BCUT2D eigenvalue weighted by Crippen LogP contribution is 2.34. The van der Waals surface area contributed by atoms with E-state index in [1.54, 1.807) is 19.5 Å². The maximum Gasteiger partial charge on any atom is 0.321 e. The number of thiazole rings is 1. The summed E-state index contributed by atoms with van der Waals surface area (Å²) in [6, 6.07) is 8.17. The van der Waals surface area contributed by atoms with Crippen LogP contribution < -0.4 is 20.3 Å². The number of rotatable bonds is 8. The number of carbonyl (C=O) groups excluding carboxylic acids is 1. The number of nitrogens with one attached hydrogen (secondary N) is 2. The number of ether oxygens (including phenoxy) is 1. The molecule has 0 aliphatic carbocycles. The number of benzene rings is 1. The van der Waals surface area contributed by atoms with Crippen LogP contribution in [0.2, 0.25) is 0 Å². The number of urea groups is 1. The predicted molar refractivity (Wildman–Crippen MR) is 139 cm³/mol. The quantitative estimate of drug-likeness (QED) is 0.492. The first-order valence-corrected chi connectivity index (χ1v) is 12.5. The Bertz CT molecular complexity index is 1130. The summed E-state index contributed by atoms with van der Waals surface area (Å²) < 4.78 is 5.25. The molecule has 2 aromatic heterocycles. The van der Waals surface area contributed by atoms with Crippen molar-refractivity contribution in [1.29, 1.82) is 0 Å². The lowest BCUT2D eigenvalue weighted by Crippen LogP contribution is -2.32. The van der Waals surface area contributed by atoms with Gasteiger partial charge in [-0.05, 0) is 38.2 Å². The van der Waals surface area contributed by atoms with Crippen LogP contribution in [0.1, 0.15) is 37.1 Å². The monoisotopic (exact) mass is 495 g/mol. The average molecular weight is 496 g/mol. The Kier molecular flexibility index (Phi) is 7.51. The van der Waals surface area contributed by atoms with Crippen LogP contribution in [0.25, 0.3) is 0 Å². The number of aromatic nitrogens is 3. The van der Waals surface area contributed by atoms with Gasteiger partial charge in [0.15, 0.2) is 5.13 Å². The number of hydrogen-bond acceptors (Lipinski definition) is 8. The maximum absolute atomic E-state index is 12.4. The van der Waals surface area contributed by atoms with Crippen LogP contribution in [0, 0.1) is 0 Å². The number of nitrogens with zero attached hydrogens (tertiary/aromatic N) is 5. The van der Waals surface area contributed by atoms with E-state index in [1.165, 1.54) is 11.3 Å². The summed E-state index contributed by atoms with van der Waals surface area (Å²) in [6.45, 7) is 6.44. The van der Waals surface area contributed by atoms with Crippen LogP contribution in [-0.4, -0.2) is 66.2 Å². The molecule has 1 aliphatic heterocycles. The van der Waals surface area contributed by atoms with Gasteiger partial charge in [-0.25, -0.2) is 19.7 Å². The molecule has 1 saturated heterocycles. The van der Waals surface area contributed by atoms with E-state index in [2.05, 4.69) is 63.3 Å². The molecule has 9 nitrogen and oxygen atoms in total. The Hall–Kier alpha value is -3.24. The molecule has 1 aromatic carbocycles. The van der Waals surface area contributed by atoms with Crippen LogP contribution in [-0.2, 0) is 12.0 Å². The lowest BCUT2D eigenvalue weighted by Gasteiger charge is -2.23. The number of likely N-dealkylation sites (N-methyl/N-ethyl adjacent to an activating group) is 1. The minimum absolute atomic E-state index is 0.305. The molecule has 1 fully saturated rings. The van der Waals surface area contributed by atoms with Crippen molar-refractivity contribution in [3.05, 3.63) is 58.9 Å². The van der Waals surface area contributed by atoms with Gasteiger partial charge in [0.25, 0.3) is 0 Å². The molecule has 35 heavy (non-hydrogen) atoms. The van der Waals surface area contributed by atoms with Gasteiger partial charge in [-0.3, -0.25) is 5.32 Å². The number of hydrogen-bond donors (Lipinski definition) is 2. The third-order valence-corrected chi connectivity index (χ3v) is 7.26. The summed E-state index contributed by atoms with van der Waals surface area (Å²) in [5.74, 6) is 1.55. The Morgan fingerprint density at radius 3 is 2.57 bits per heavy atom. The second-order valence-electron chi connectivity index (χ2n) is 9.44. The maximum atomic E-state index is 12.4. The normalized spacial score (nSPS) is 15.9. The first-order valence-electron chi connectivity index (χ1n) is 11.6. The molecule has 3 aromatic rings. The molecule has 2 amide bonds. The molecular formula is C25H33N7O2S. The van der Waals surface area contributed by atoms with Crippen molar-refractivity contribution in [3.63, 3.8) is 0 Å². The average Bonchev–Trinajstić information content (AvgIpc) is 3.54. The number of anilines is 2. The zero-order valence-electron chi connectivity index (χ0n) is 20.9. The van der Waals surface area contributed by atoms with Crippen LogP contribution in [0.5, 0.6) is 5.75 Å². The van der Waals surface area contributed by atoms with Crippen LogP contribution in [0.4, 0.5) is 15.9 Å². The lowest BCUT2D eigenvalue weighted by molar-refractivity contribution is 0.251. The molecule has 1 atom stereocenters. The van der Waals surface area contributed by atoms with Crippen molar-refractivity contribution in [2.45, 2.75) is 38.3 Å². The van der Waals surface area contributed by atoms with E-state index >= 15 is 0 Å². The Labute approximate surface area is 210 Å². The van der Waals surface area contributed by atoms with Gasteiger partial charge < -0.3 is 19.9 Å². The first kappa shape index (κ1) is 24.9.